The molecule has 0 radical (unpaired) electrons. The fourth-order valence-electron chi connectivity index (χ4n) is 5.57. The van der Waals surface area contributed by atoms with Crippen LogP contribution in [-0.4, -0.2) is 54.8 Å². The number of carboxylic acids is 1. The number of rotatable bonds is 5. The molecule has 2 aromatic rings. The number of methoxy groups -OCH3 is 1. The van der Waals surface area contributed by atoms with E-state index >= 15 is 0 Å². The van der Waals surface area contributed by atoms with Crippen LogP contribution < -0.4 is 4.74 Å². The van der Waals surface area contributed by atoms with Gasteiger partial charge in [-0.15, -0.1) is 0 Å². The number of carbonyl (C=O) groups excluding carboxylic acids is 1. The van der Waals surface area contributed by atoms with Gasteiger partial charge in [0.1, 0.15) is 17.4 Å². The molecule has 1 aliphatic carbocycles. The summed E-state index contributed by atoms with van der Waals surface area (Å²) in [6.45, 7) is 2.36. The molecule has 168 valence electrons. The standard InChI is InChI=1S/C26H29NO5/c1-31-23-19(4-2-5-20(23)25(29)30)17-7-9-18(10-8-17)21-16-26(21)11-13-27(14-12-26)24(28)22-6-3-15-32-22/h2,4-5,7-10,21-22H,3,6,11-16H2,1H3,(H,29,30)/t21-,22?/m1/s1. The van der Waals surface area contributed by atoms with E-state index in [9.17, 15) is 14.7 Å². The zero-order valence-corrected chi connectivity index (χ0v) is 18.4. The minimum Gasteiger partial charge on any atom is -0.495 e. The number of ether oxygens (including phenoxy) is 2. The number of hydrogen-bond acceptors (Lipinski definition) is 4. The van der Waals surface area contributed by atoms with Crippen LogP contribution in [0.4, 0.5) is 0 Å². The van der Waals surface area contributed by atoms with E-state index in [1.54, 1.807) is 12.1 Å². The van der Waals surface area contributed by atoms with Gasteiger partial charge in [-0.3, -0.25) is 4.79 Å². The van der Waals surface area contributed by atoms with Gasteiger partial charge >= 0.3 is 5.97 Å². The summed E-state index contributed by atoms with van der Waals surface area (Å²) in [7, 11) is 1.50. The Morgan fingerprint density at radius 1 is 1.12 bits per heavy atom. The van der Waals surface area contributed by atoms with Crippen LogP contribution in [0.25, 0.3) is 11.1 Å². The summed E-state index contributed by atoms with van der Waals surface area (Å²) in [5, 5.41) is 9.44. The van der Waals surface area contributed by atoms with Gasteiger partial charge < -0.3 is 19.5 Å². The van der Waals surface area contributed by atoms with Crippen molar-refractivity contribution in [1.29, 1.82) is 0 Å². The highest BCUT2D eigenvalue weighted by molar-refractivity contribution is 5.94. The normalized spacial score (nSPS) is 23.8. The Morgan fingerprint density at radius 3 is 2.50 bits per heavy atom. The van der Waals surface area contributed by atoms with Crippen molar-refractivity contribution in [3.8, 4) is 16.9 Å². The minimum absolute atomic E-state index is 0.166. The molecule has 6 nitrogen and oxygen atoms in total. The van der Waals surface area contributed by atoms with Crippen LogP contribution in [0.5, 0.6) is 5.75 Å². The van der Waals surface area contributed by atoms with Crippen LogP contribution in [0.3, 0.4) is 0 Å². The van der Waals surface area contributed by atoms with Crippen LogP contribution in [-0.2, 0) is 9.53 Å². The minimum atomic E-state index is -0.996. The maximum Gasteiger partial charge on any atom is 0.339 e. The van der Waals surface area contributed by atoms with Gasteiger partial charge in [-0.2, -0.15) is 0 Å². The molecule has 3 fully saturated rings. The average molecular weight is 436 g/mol. The Labute approximate surface area is 188 Å². The summed E-state index contributed by atoms with van der Waals surface area (Å²) in [5.74, 6) is 0.101. The smallest absolute Gasteiger partial charge is 0.339 e. The molecule has 0 aromatic heterocycles. The average Bonchev–Trinajstić information content (AvgIpc) is 3.24. The van der Waals surface area contributed by atoms with Crippen molar-refractivity contribution in [3.05, 3.63) is 53.6 Å². The lowest BCUT2D eigenvalue weighted by atomic mass is 9.88. The van der Waals surface area contributed by atoms with Gasteiger partial charge in [0.15, 0.2) is 0 Å². The van der Waals surface area contributed by atoms with E-state index in [-0.39, 0.29) is 17.6 Å². The third-order valence-corrected chi connectivity index (χ3v) is 7.54. The number of para-hydroxylation sites is 1. The highest BCUT2D eigenvalue weighted by Crippen LogP contribution is 2.65. The summed E-state index contributed by atoms with van der Waals surface area (Å²) in [6.07, 6.45) is 4.89. The molecule has 32 heavy (non-hydrogen) atoms. The quantitative estimate of drug-likeness (QED) is 0.756. The first-order valence-corrected chi connectivity index (χ1v) is 11.4. The molecule has 2 aromatic carbocycles. The molecule has 3 aliphatic rings. The van der Waals surface area contributed by atoms with Crippen LogP contribution >= 0.6 is 0 Å². The SMILES string of the molecule is COc1c(C(=O)O)cccc1-c1ccc([C@H]2CC23CCN(C(=O)C2CCCO2)CC3)cc1. The van der Waals surface area contributed by atoms with Crippen molar-refractivity contribution < 1.29 is 24.2 Å². The Bertz CT molecular complexity index is 1020. The van der Waals surface area contributed by atoms with E-state index < -0.39 is 5.97 Å². The zero-order valence-electron chi connectivity index (χ0n) is 18.4. The van der Waals surface area contributed by atoms with E-state index in [0.717, 1.165) is 49.9 Å². The van der Waals surface area contributed by atoms with Crippen molar-refractivity contribution in [2.75, 3.05) is 26.8 Å². The first kappa shape index (κ1) is 21.0. The fraction of sp³-hybridized carbons (Fsp3) is 0.462. The van der Waals surface area contributed by atoms with Crippen molar-refractivity contribution >= 4 is 11.9 Å². The van der Waals surface area contributed by atoms with E-state index in [0.29, 0.717) is 23.7 Å². The summed E-state index contributed by atoms with van der Waals surface area (Å²) in [6, 6.07) is 13.6. The largest absolute Gasteiger partial charge is 0.495 e. The van der Waals surface area contributed by atoms with Gasteiger partial charge in [0, 0.05) is 25.3 Å². The molecule has 2 heterocycles. The van der Waals surface area contributed by atoms with Crippen molar-refractivity contribution in [1.82, 2.24) is 4.90 Å². The molecule has 2 saturated heterocycles. The van der Waals surface area contributed by atoms with Gasteiger partial charge in [-0.1, -0.05) is 36.4 Å². The molecular weight excluding hydrogens is 406 g/mol. The Kier molecular flexibility index (Phi) is 5.41. The summed E-state index contributed by atoms with van der Waals surface area (Å²) in [4.78, 5) is 26.1. The summed E-state index contributed by atoms with van der Waals surface area (Å²) in [5.41, 5.74) is 3.53. The van der Waals surface area contributed by atoms with E-state index in [4.69, 9.17) is 9.47 Å². The maximum atomic E-state index is 12.6. The molecule has 5 rings (SSSR count). The number of likely N-dealkylation sites (tertiary alicyclic amines) is 1. The third kappa shape index (κ3) is 3.66. The number of piperidine rings is 1. The van der Waals surface area contributed by atoms with Gasteiger partial charge in [-0.25, -0.2) is 4.79 Å². The van der Waals surface area contributed by atoms with Gasteiger partial charge in [0.05, 0.1) is 7.11 Å². The van der Waals surface area contributed by atoms with Crippen LogP contribution in [0.1, 0.15) is 53.9 Å². The van der Waals surface area contributed by atoms with Gasteiger partial charge in [0.25, 0.3) is 5.91 Å². The molecule has 1 spiro atoms. The van der Waals surface area contributed by atoms with E-state index in [1.807, 2.05) is 11.0 Å². The van der Waals surface area contributed by atoms with Gasteiger partial charge in [0.2, 0.25) is 0 Å². The van der Waals surface area contributed by atoms with E-state index in [2.05, 4.69) is 24.3 Å². The summed E-state index contributed by atoms with van der Waals surface area (Å²) >= 11 is 0. The number of amides is 1. The molecule has 2 aliphatic heterocycles. The lowest BCUT2D eigenvalue weighted by Crippen LogP contribution is -2.44. The second kappa shape index (κ2) is 8.24. The maximum absolute atomic E-state index is 12.6. The first-order valence-electron chi connectivity index (χ1n) is 11.4. The predicted molar refractivity (Wildman–Crippen MR) is 120 cm³/mol. The number of hydrogen-bond donors (Lipinski definition) is 1. The molecule has 1 saturated carbocycles. The first-order chi connectivity index (χ1) is 15.5. The fourth-order valence-corrected chi connectivity index (χ4v) is 5.57. The highest BCUT2D eigenvalue weighted by atomic mass is 16.5. The van der Waals surface area contributed by atoms with Crippen LogP contribution in [0.2, 0.25) is 0 Å². The molecule has 0 bridgehead atoms. The van der Waals surface area contributed by atoms with E-state index in [1.165, 1.54) is 19.1 Å². The number of aromatic carboxylic acids is 1. The Balaban J connectivity index is 1.26. The number of carbonyl (C=O) groups is 2. The van der Waals surface area contributed by atoms with Crippen molar-refractivity contribution in [2.45, 2.75) is 44.1 Å². The second-order valence-corrected chi connectivity index (χ2v) is 9.26. The topological polar surface area (TPSA) is 76.1 Å². The van der Waals surface area contributed by atoms with Crippen molar-refractivity contribution in [2.24, 2.45) is 5.41 Å². The van der Waals surface area contributed by atoms with Crippen LogP contribution in [0.15, 0.2) is 42.5 Å². The third-order valence-electron chi connectivity index (χ3n) is 7.54. The van der Waals surface area contributed by atoms with Crippen molar-refractivity contribution in [3.63, 3.8) is 0 Å². The Hall–Kier alpha value is -2.86. The molecule has 1 amide bonds. The molecule has 2 atom stereocenters. The van der Waals surface area contributed by atoms with Gasteiger partial charge in [-0.05, 0) is 60.6 Å². The monoisotopic (exact) mass is 435 g/mol. The zero-order chi connectivity index (χ0) is 22.3. The number of carboxylic acid groups (broad SMARTS) is 1. The second-order valence-electron chi connectivity index (χ2n) is 9.26. The lowest BCUT2D eigenvalue weighted by molar-refractivity contribution is -0.142. The highest BCUT2D eigenvalue weighted by Gasteiger charge is 2.55. The molecule has 1 unspecified atom stereocenters. The van der Waals surface area contributed by atoms with Crippen LogP contribution in [0, 0.1) is 5.41 Å². The molecule has 6 heteroatoms. The molecular formula is C26H29NO5. The molecule has 1 N–H and O–H groups in total. The Morgan fingerprint density at radius 2 is 1.88 bits per heavy atom. The number of benzene rings is 2. The number of nitrogens with zero attached hydrogens (tertiary/aromatic N) is 1. The summed E-state index contributed by atoms with van der Waals surface area (Å²) < 4.78 is 11.0. The lowest BCUT2D eigenvalue weighted by Gasteiger charge is -2.34. The predicted octanol–water partition coefficient (Wildman–Crippen LogP) is 4.34.